The van der Waals surface area contributed by atoms with E-state index in [-0.39, 0.29) is 5.70 Å². The van der Waals surface area contributed by atoms with Crippen molar-refractivity contribution >= 4 is 17.5 Å². The molecule has 94 valence electrons. The van der Waals surface area contributed by atoms with Crippen LogP contribution >= 0.6 is 11.8 Å². The molecule has 2 rings (SSSR count). The fraction of sp³-hybridized carbons (Fsp3) is 0.250. The van der Waals surface area contributed by atoms with Crippen LogP contribution in [0.5, 0.6) is 0 Å². The van der Waals surface area contributed by atoms with Crippen molar-refractivity contribution in [3.05, 3.63) is 56.7 Å². The molecule has 0 amide bonds. The summed E-state index contributed by atoms with van der Waals surface area (Å²) in [6, 6.07) is 8.32. The van der Waals surface area contributed by atoms with Crippen molar-refractivity contribution in [2.45, 2.75) is 6.42 Å². The van der Waals surface area contributed by atoms with Crippen molar-refractivity contribution in [2.75, 3.05) is 12.3 Å². The van der Waals surface area contributed by atoms with Gasteiger partial charge in [0.05, 0.1) is 4.92 Å². The van der Waals surface area contributed by atoms with Crippen LogP contribution < -0.4 is 5.32 Å². The summed E-state index contributed by atoms with van der Waals surface area (Å²) in [5.74, 6) is 0.249. The Morgan fingerprint density at radius 1 is 1.33 bits per heavy atom. The molecule has 1 aromatic rings. The molecule has 1 heterocycles. The second kappa shape index (κ2) is 5.68. The second-order valence-corrected chi connectivity index (χ2v) is 4.86. The van der Waals surface area contributed by atoms with Gasteiger partial charge in [0.15, 0.2) is 5.03 Å². The minimum Gasteiger partial charge on any atom is -0.374 e. The van der Waals surface area contributed by atoms with Crippen LogP contribution in [0, 0.1) is 10.1 Å². The summed E-state index contributed by atoms with van der Waals surface area (Å²) < 4.78 is 0. The number of rotatable bonds is 3. The maximum absolute atomic E-state index is 12.1. The van der Waals surface area contributed by atoms with Gasteiger partial charge in [-0.25, -0.2) is 0 Å². The first-order chi connectivity index (χ1) is 8.70. The molecule has 5 nitrogen and oxygen atoms in total. The Hall–Kier alpha value is -1.82. The molecule has 1 aliphatic rings. The van der Waals surface area contributed by atoms with Crippen LogP contribution in [-0.4, -0.2) is 23.0 Å². The first kappa shape index (κ1) is 12.6. The Morgan fingerprint density at radius 3 is 2.61 bits per heavy atom. The predicted octanol–water partition coefficient (Wildman–Crippen LogP) is 2.04. The highest BCUT2D eigenvalue weighted by Crippen LogP contribution is 2.24. The minimum atomic E-state index is -0.601. The quantitative estimate of drug-likeness (QED) is 0.391. The summed E-state index contributed by atoms with van der Waals surface area (Å²) >= 11 is 1.33. The lowest BCUT2D eigenvalue weighted by Crippen LogP contribution is -2.25. The van der Waals surface area contributed by atoms with Gasteiger partial charge >= 0.3 is 5.70 Å². The van der Waals surface area contributed by atoms with Gasteiger partial charge in [0, 0.05) is 17.9 Å². The standard InChI is InChI=1S/C12H12N2O3S/c15-11(9-5-2-1-3-6-9)10(14(16)17)12-13-7-4-8-18-12/h1-3,5-6,13H,4,7-8H2/b12-10-. The largest absolute Gasteiger partial charge is 0.374 e. The van der Waals surface area contributed by atoms with Crippen molar-refractivity contribution < 1.29 is 9.72 Å². The van der Waals surface area contributed by atoms with Crippen molar-refractivity contribution in [3.8, 4) is 0 Å². The summed E-state index contributed by atoms with van der Waals surface area (Å²) in [5.41, 5.74) is -0.0180. The second-order valence-electron chi connectivity index (χ2n) is 3.76. The highest BCUT2D eigenvalue weighted by atomic mass is 32.2. The maximum Gasteiger partial charge on any atom is 0.346 e. The zero-order valence-corrected chi connectivity index (χ0v) is 10.4. The van der Waals surface area contributed by atoms with E-state index in [1.807, 2.05) is 0 Å². The Bertz CT molecular complexity index is 491. The molecular formula is C12H12N2O3S. The molecule has 6 heteroatoms. The molecule has 1 aromatic carbocycles. The van der Waals surface area contributed by atoms with Crippen molar-refractivity contribution in [1.82, 2.24) is 5.32 Å². The van der Waals surface area contributed by atoms with Gasteiger partial charge in [-0.05, 0) is 6.42 Å². The number of carbonyl (C=O) groups is 1. The van der Waals surface area contributed by atoms with Gasteiger partial charge in [-0.15, -0.1) is 11.8 Å². The van der Waals surface area contributed by atoms with Gasteiger partial charge in [0.1, 0.15) is 0 Å². The molecular weight excluding hydrogens is 252 g/mol. The zero-order valence-electron chi connectivity index (χ0n) is 9.59. The highest BCUT2D eigenvalue weighted by Gasteiger charge is 2.29. The van der Waals surface area contributed by atoms with E-state index in [0.717, 1.165) is 12.2 Å². The third-order valence-corrected chi connectivity index (χ3v) is 3.62. The van der Waals surface area contributed by atoms with E-state index < -0.39 is 10.7 Å². The summed E-state index contributed by atoms with van der Waals surface area (Å²) in [6.45, 7) is 0.668. The highest BCUT2D eigenvalue weighted by molar-refractivity contribution is 8.03. The van der Waals surface area contributed by atoms with E-state index in [9.17, 15) is 14.9 Å². The first-order valence-electron chi connectivity index (χ1n) is 5.55. The van der Waals surface area contributed by atoms with Gasteiger partial charge in [-0.3, -0.25) is 14.9 Å². The van der Waals surface area contributed by atoms with Crippen molar-refractivity contribution in [1.29, 1.82) is 0 Å². The summed E-state index contributed by atoms with van der Waals surface area (Å²) in [4.78, 5) is 22.6. The molecule has 0 radical (unpaired) electrons. The number of thioether (sulfide) groups is 1. The predicted molar refractivity (Wildman–Crippen MR) is 69.9 cm³/mol. The van der Waals surface area contributed by atoms with E-state index in [2.05, 4.69) is 5.32 Å². The lowest BCUT2D eigenvalue weighted by atomic mass is 10.1. The summed E-state index contributed by atoms with van der Waals surface area (Å²) in [6.07, 6.45) is 0.943. The van der Waals surface area contributed by atoms with E-state index >= 15 is 0 Å². The number of hydrogen-bond donors (Lipinski definition) is 1. The van der Waals surface area contributed by atoms with Gasteiger partial charge in [-0.1, -0.05) is 30.3 Å². The molecule has 18 heavy (non-hydrogen) atoms. The average molecular weight is 264 g/mol. The van der Waals surface area contributed by atoms with E-state index in [4.69, 9.17) is 0 Å². The van der Waals surface area contributed by atoms with Crippen LogP contribution in [0.15, 0.2) is 41.1 Å². The summed E-state index contributed by atoms with van der Waals surface area (Å²) in [5, 5.41) is 14.4. The fourth-order valence-corrected chi connectivity index (χ4v) is 2.65. The third-order valence-electron chi connectivity index (χ3n) is 2.50. The molecule has 0 atom stereocenters. The number of Topliss-reactive ketones (excluding diaryl/α,β-unsaturated/α-hetero) is 1. The Kier molecular flexibility index (Phi) is 3.99. The molecule has 0 unspecified atom stereocenters. The maximum atomic E-state index is 12.1. The van der Waals surface area contributed by atoms with Gasteiger partial charge in [0.25, 0.3) is 5.78 Å². The molecule has 1 N–H and O–H groups in total. The lowest BCUT2D eigenvalue weighted by Gasteiger charge is -2.15. The van der Waals surface area contributed by atoms with E-state index in [0.29, 0.717) is 17.1 Å². The number of allylic oxidation sites excluding steroid dienone is 1. The number of ketones is 1. The van der Waals surface area contributed by atoms with E-state index in [1.165, 1.54) is 11.8 Å². The van der Waals surface area contributed by atoms with Gasteiger partial charge < -0.3 is 5.32 Å². The molecule has 0 aliphatic carbocycles. The van der Waals surface area contributed by atoms with Crippen molar-refractivity contribution in [3.63, 3.8) is 0 Å². The Morgan fingerprint density at radius 2 is 2.06 bits per heavy atom. The SMILES string of the molecule is O=C(/C(=C1\NCCCS1)[N+](=O)[O-])c1ccccc1. The fourth-order valence-electron chi connectivity index (χ4n) is 1.65. The van der Waals surface area contributed by atoms with E-state index in [1.54, 1.807) is 30.3 Å². The van der Waals surface area contributed by atoms with Crippen LogP contribution in [0.25, 0.3) is 0 Å². The smallest absolute Gasteiger partial charge is 0.346 e. The monoisotopic (exact) mass is 264 g/mol. The first-order valence-corrected chi connectivity index (χ1v) is 6.54. The third kappa shape index (κ3) is 2.70. The minimum absolute atomic E-state index is 0.338. The van der Waals surface area contributed by atoms with Crippen molar-refractivity contribution in [2.24, 2.45) is 0 Å². The number of nitro groups is 1. The lowest BCUT2D eigenvalue weighted by molar-refractivity contribution is -0.417. The molecule has 0 saturated carbocycles. The van der Waals surface area contributed by atoms with Gasteiger partial charge in [0.2, 0.25) is 0 Å². The Balaban J connectivity index is 2.37. The summed E-state index contributed by atoms with van der Waals surface area (Å²) in [7, 11) is 0. The molecule has 0 spiro atoms. The number of hydrogen-bond acceptors (Lipinski definition) is 5. The number of benzene rings is 1. The van der Waals surface area contributed by atoms with Crippen LogP contribution in [-0.2, 0) is 0 Å². The number of carbonyl (C=O) groups excluding carboxylic acids is 1. The van der Waals surface area contributed by atoms with Crippen LogP contribution in [0.2, 0.25) is 0 Å². The van der Waals surface area contributed by atoms with Crippen LogP contribution in [0.1, 0.15) is 16.8 Å². The molecule has 1 fully saturated rings. The molecule has 1 saturated heterocycles. The zero-order chi connectivity index (χ0) is 13.0. The van der Waals surface area contributed by atoms with Crippen LogP contribution in [0.3, 0.4) is 0 Å². The number of nitrogens with one attached hydrogen (secondary N) is 1. The van der Waals surface area contributed by atoms with Gasteiger partial charge in [-0.2, -0.15) is 0 Å². The number of nitrogens with zero attached hydrogens (tertiary/aromatic N) is 1. The average Bonchev–Trinajstić information content (AvgIpc) is 2.40. The topological polar surface area (TPSA) is 72.2 Å². The Labute approximate surface area is 108 Å². The molecule has 1 aliphatic heterocycles. The molecule has 0 aromatic heterocycles. The molecule has 0 bridgehead atoms. The normalized spacial score (nSPS) is 17.8. The van der Waals surface area contributed by atoms with Crippen LogP contribution in [0.4, 0.5) is 0 Å².